The number of piperidine rings is 1. The van der Waals surface area contributed by atoms with Gasteiger partial charge in [0.15, 0.2) is 0 Å². The zero-order valence-electron chi connectivity index (χ0n) is 21.8. The molecule has 5 rings (SSSR count). The normalized spacial score (nSPS) is 15.0. The molecule has 1 aromatic carbocycles. The van der Waals surface area contributed by atoms with Crippen LogP contribution >= 0.6 is 0 Å². The number of halogens is 1. The summed E-state index contributed by atoms with van der Waals surface area (Å²) < 4.78 is 16.5. The van der Waals surface area contributed by atoms with Gasteiger partial charge in [-0.2, -0.15) is 5.10 Å². The monoisotopic (exact) mass is 529 g/mol. The van der Waals surface area contributed by atoms with Gasteiger partial charge >= 0.3 is 0 Å². The van der Waals surface area contributed by atoms with Crippen LogP contribution in [0.15, 0.2) is 66.6 Å². The fourth-order valence-electron chi connectivity index (χ4n) is 4.76. The molecule has 10 nitrogen and oxygen atoms in total. The van der Waals surface area contributed by atoms with Gasteiger partial charge in [0.1, 0.15) is 17.5 Å². The van der Waals surface area contributed by atoms with Crippen LogP contribution in [-0.4, -0.2) is 68.7 Å². The molecule has 0 radical (unpaired) electrons. The van der Waals surface area contributed by atoms with E-state index < -0.39 is 5.82 Å². The van der Waals surface area contributed by atoms with Gasteiger partial charge in [-0.1, -0.05) is 0 Å². The van der Waals surface area contributed by atoms with E-state index >= 15 is 0 Å². The highest BCUT2D eigenvalue weighted by atomic mass is 19.1. The van der Waals surface area contributed by atoms with Crippen LogP contribution in [0.4, 0.5) is 21.7 Å². The van der Waals surface area contributed by atoms with Crippen molar-refractivity contribution < 1.29 is 9.50 Å². The van der Waals surface area contributed by atoms with Gasteiger partial charge in [0.2, 0.25) is 0 Å². The molecular formula is C28H32FN9O. The van der Waals surface area contributed by atoms with Crippen molar-refractivity contribution in [3.63, 3.8) is 0 Å². The first-order valence-electron chi connectivity index (χ1n) is 12.8. The molecule has 3 aromatic heterocycles. The van der Waals surface area contributed by atoms with Crippen molar-refractivity contribution in [2.24, 2.45) is 5.73 Å². The quantitative estimate of drug-likeness (QED) is 0.242. The first-order chi connectivity index (χ1) is 19.0. The lowest BCUT2D eigenvalue weighted by Crippen LogP contribution is -2.45. The highest BCUT2D eigenvalue weighted by Gasteiger charge is 2.25. The smallest absolute Gasteiger partial charge is 0.148 e. The number of aromatic nitrogens is 4. The van der Waals surface area contributed by atoms with Crippen molar-refractivity contribution in [1.82, 2.24) is 24.6 Å². The molecule has 1 aliphatic heterocycles. The summed E-state index contributed by atoms with van der Waals surface area (Å²) in [6.45, 7) is 2.30. The van der Waals surface area contributed by atoms with Gasteiger partial charge in [-0.15, -0.1) is 0 Å². The number of anilines is 3. The molecule has 39 heavy (non-hydrogen) atoms. The largest absolute Gasteiger partial charge is 0.404 e. The van der Waals surface area contributed by atoms with E-state index in [9.17, 15) is 9.50 Å². The lowest BCUT2D eigenvalue weighted by atomic mass is 10.0. The molecule has 1 aliphatic rings. The van der Waals surface area contributed by atoms with Crippen LogP contribution in [-0.2, 0) is 6.61 Å². The standard InChI is InChI=1S/C28H32FN9O/c1-36-9-7-22(8-10-36)37(17-19(14-30)15-31)28-5-2-20-16-32-27(13-26(20)34-28)33-25-4-3-23(12-24(25)29)38-11-6-21(18-39)35-38/h2-6,11-16,22,30,39H,7-10,17-18,31H2,1H3,(H,32,33)/b19-15+,30-14?. The summed E-state index contributed by atoms with van der Waals surface area (Å²) in [7, 11) is 2.12. The summed E-state index contributed by atoms with van der Waals surface area (Å²) in [6, 6.07) is 12.4. The minimum Gasteiger partial charge on any atom is -0.404 e. The van der Waals surface area contributed by atoms with Crippen LogP contribution in [0.2, 0.25) is 0 Å². The predicted molar refractivity (Wildman–Crippen MR) is 151 cm³/mol. The molecule has 0 spiro atoms. The maximum Gasteiger partial charge on any atom is 0.148 e. The topological polar surface area (TPSA) is 132 Å². The molecule has 0 bridgehead atoms. The van der Waals surface area contributed by atoms with Gasteiger partial charge in [-0.05, 0) is 63.3 Å². The number of benzene rings is 1. The molecule has 0 saturated carbocycles. The third-order valence-corrected chi connectivity index (χ3v) is 7.02. The SMILES string of the molecule is CN1CCC(N(C/C(C=N)=C/N)c2ccc3cnc(Nc4ccc(-n5ccc(CO)n5)cc4F)cc3n2)CC1. The molecule has 11 heteroatoms. The van der Waals surface area contributed by atoms with Crippen LogP contribution in [0.3, 0.4) is 0 Å². The number of hydrogen-bond acceptors (Lipinski definition) is 9. The molecule has 0 unspecified atom stereocenters. The Hall–Kier alpha value is -4.35. The van der Waals surface area contributed by atoms with E-state index in [1.54, 1.807) is 36.7 Å². The third kappa shape index (κ3) is 5.89. The first-order valence-corrected chi connectivity index (χ1v) is 12.8. The number of nitrogens with two attached hydrogens (primary N) is 1. The average molecular weight is 530 g/mol. The Labute approximate surface area is 226 Å². The van der Waals surface area contributed by atoms with Gasteiger partial charge in [0.25, 0.3) is 0 Å². The van der Waals surface area contributed by atoms with Gasteiger partial charge in [0.05, 0.1) is 29.2 Å². The molecule has 4 aromatic rings. The molecule has 202 valence electrons. The number of pyridine rings is 2. The van der Waals surface area contributed by atoms with E-state index in [-0.39, 0.29) is 18.3 Å². The van der Waals surface area contributed by atoms with Gasteiger partial charge in [-0.3, -0.25) is 0 Å². The second-order valence-electron chi connectivity index (χ2n) is 9.68. The van der Waals surface area contributed by atoms with Crippen LogP contribution < -0.4 is 16.0 Å². The summed E-state index contributed by atoms with van der Waals surface area (Å²) in [6.07, 6.45) is 8.12. The molecule has 0 amide bonds. The molecular weight excluding hydrogens is 497 g/mol. The van der Waals surface area contributed by atoms with Crippen LogP contribution in [0, 0.1) is 11.2 Å². The van der Waals surface area contributed by atoms with E-state index in [0.29, 0.717) is 23.7 Å². The number of aliphatic hydroxyl groups excluding tert-OH is 1. The molecule has 5 N–H and O–H groups in total. The second-order valence-corrected chi connectivity index (χ2v) is 9.68. The van der Waals surface area contributed by atoms with Gasteiger partial charge < -0.3 is 31.4 Å². The second kappa shape index (κ2) is 11.6. The van der Waals surface area contributed by atoms with E-state index in [2.05, 4.69) is 32.2 Å². The van der Waals surface area contributed by atoms with Crippen molar-refractivity contribution >= 4 is 34.4 Å². The Morgan fingerprint density at radius 3 is 2.74 bits per heavy atom. The Bertz CT molecular complexity index is 1490. The highest BCUT2D eigenvalue weighted by molar-refractivity contribution is 5.83. The van der Waals surface area contributed by atoms with Crippen LogP contribution in [0.1, 0.15) is 18.5 Å². The average Bonchev–Trinajstić information content (AvgIpc) is 3.45. The Balaban J connectivity index is 1.41. The maximum absolute atomic E-state index is 15.0. The molecule has 1 saturated heterocycles. The van der Waals surface area contributed by atoms with Crippen LogP contribution in [0.5, 0.6) is 0 Å². The Morgan fingerprint density at radius 1 is 1.23 bits per heavy atom. The minimum atomic E-state index is -0.460. The molecule has 1 fully saturated rings. The summed E-state index contributed by atoms with van der Waals surface area (Å²) >= 11 is 0. The molecule has 0 atom stereocenters. The number of nitrogens with zero attached hydrogens (tertiary/aromatic N) is 6. The highest BCUT2D eigenvalue weighted by Crippen LogP contribution is 2.27. The number of rotatable bonds is 9. The number of nitrogens with one attached hydrogen (secondary N) is 2. The van der Waals surface area contributed by atoms with Crippen molar-refractivity contribution in [3.05, 3.63) is 78.1 Å². The number of fused-ring (bicyclic) bond motifs is 1. The summed E-state index contributed by atoms with van der Waals surface area (Å²) in [5, 5.41) is 25.1. The fraction of sp³-hybridized carbons (Fsp3) is 0.286. The van der Waals surface area contributed by atoms with E-state index in [1.165, 1.54) is 23.2 Å². The Morgan fingerprint density at radius 2 is 2.05 bits per heavy atom. The summed E-state index contributed by atoms with van der Waals surface area (Å²) in [4.78, 5) is 13.9. The van der Waals surface area contributed by atoms with Crippen molar-refractivity contribution in [2.45, 2.75) is 25.5 Å². The number of hydrogen-bond donors (Lipinski definition) is 4. The molecule has 0 aliphatic carbocycles. The lowest BCUT2D eigenvalue weighted by Gasteiger charge is -2.38. The number of aliphatic hydroxyl groups is 1. The zero-order chi connectivity index (χ0) is 27.4. The zero-order valence-corrected chi connectivity index (χ0v) is 21.8. The van der Waals surface area contributed by atoms with Gasteiger partial charge in [0, 0.05) is 60.5 Å². The first kappa shape index (κ1) is 26.3. The summed E-state index contributed by atoms with van der Waals surface area (Å²) in [5.74, 6) is 0.805. The maximum atomic E-state index is 15.0. The predicted octanol–water partition coefficient (Wildman–Crippen LogP) is 3.58. The van der Waals surface area contributed by atoms with Gasteiger partial charge in [-0.25, -0.2) is 19.0 Å². The van der Waals surface area contributed by atoms with Crippen molar-refractivity contribution in [1.29, 1.82) is 5.41 Å². The van der Waals surface area contributed by atoms with E-state index in [4.69, 9.17) is 16.1 Å². The van der Waals surface area contributed by atoms with Crippen molar-refractivity contribution in [2.75, 3.05) is 36.9 Å². The number of likely N-dealkylation sites (tertiary alicyclic amines) is 1. The van der Waals surface area contributed by atoms with Crippen molar-refractivity contribution in [3.8, 4) is 5.69 Å². The Kier molecular flexibility index (Phi) is 7.80. The molecule has 4 heterocycles. The fourth-order valence-corrected chi connectivity index (χ4v) is 4.76. The lowest BCUT2D eigenvalue weighted by molar-refractivity contribution is 0.250. The third-order valence-electron chi connectivity index (χ3n) is 7.02. The van der Waals surface area contributed by atoms with Crippen LogP contribution in [0.25, 0.3) is 16.6 Å². The minimum absolute atomic E-state index is 0.179. The summed E-state index contributed by atoms with van der Waals surface area (Å²) in [5.41, 5.74) is 8.54. The van der Waals surface area contributed by atoms with E-state index in [0.717, 1.165) is 48.2 Å². The van der Waals surface area contributed by atoms with E-state index in [1.807, 2.05) is 12.1 Å².